The zero-order chi connectivity index (χ0) is 21.1. The summed E-state index contributed by atoms with van der Waals surface area (Å²) >= 11 is 0. The molecule has 1 amide bonds. The van der Waals surface area contributed by atoms with E-state index >= 15 is 0 Å². The number of hydrogen-bond acceptors (Lipinski definition) is 3. The Morgan fingerprint density at radius 1 is 1.07 bits per heavy atom. The van der Waals surface area contributed by atoms with Crippen LogP contribution in [-0.4, -0.2) is 21.5 Å². The van der Waals surface area contributed by atoms with Gasteiger partial charge in [0.05, 0.1) is 17.9 Å². The van der Waals surface area contributed by atoms with Crippen LogP contribution in [0, 0.1) is 13.8 Å². The highest BCUT2D eigenvalue weighted by molar-refractivity contribution is 5.97. The average molecular weight is 402 g/mol. The number of aryl methyl sites for hydroxylation is 2. The number of rotatable bonds is 6. The van der Waals surface area contributed by atoms with E-state index in [9.17, 15) is 9.59 Å². The van der Waals surface area contributed by atoms with Gasteiger partial charge in [0.15, 0.2) is 5.78 Å². The fourth-order valence-corrected chi connectivity index (χ4v) is 4.26. The largest absolute Gasteiger partial charge is 0.349 e. The van der Waals surface area contributed by atoms with Crippen molar-refractivity contribution in [1.82, 2.24) is 15.1 Å². The van der Waals surface area contributed by atoms with Crippen LogP contribution >= 0.6 is 0 Å². The van der Waals surface area contributed by atoms with Gasteiger partial charge in [-0.2, -0.15) is 5.10 Å². The highest BCUT2D eigenvalue weighted by atomic mass is 16.2. The molecule has 0 radical (unpaired) electrons. The lowest BCUT2D eigenvalue weighted by Gasteiger charge is -2.24. The SMILES string of the molecule is Cc1cc(C)cc(-n2ncc3c2CCC[C@H]3NC(=O)CCC(=O)c2ccccc2)c1. The average Bonchev–Trinajstić information content (AvgIpc) is 3.17. The van der Waals surface area contributed by atoms with Crippen LogP contribution in [0.25, 0.3) is 5.69 Å². The van der Waals surface area contributed by atoms with Crippen LogP contribution in [0.1, 0.15) is 64.5 Å². The summed E-state index contributed by atoms with van der Waals surface area (Å²) in [6.07, 6.45) is 5.14. The van der Waals surface area contributed by atoms with Crippen molar-refractivity contribution < 1.29 is 9.59 Å². The first-order chi connectivity index (χ1) is 14.5. The van der Waals surface area contributed by atoms with Crippen molar-refractivity contribution in [2.24, 2.45) is 0 Å². The van der Waals surface area contributed by atoms with E-state index in [2.05, 4.69) is 42.5 Å². The van der Waals surface area contributed by atoms with Gasteiger partial charge in [0, 0.05) is 29.7 Å². The first-order valence-electron chi connectivity index (χ1n) is 10.5. The molecule has 0 saturated heterocycles. The molecule has 30 heavy (non-hydrogen) atoms. The van der Waals surface area contributed by atoms with Crippen LogP contribution < -0.4 is 5.32 Å². The summed E-state index contributed by atoms with van der Waals surface area (Å²) in [5.41, 5.74) is 6.38. The monoisotopic (exact) mass is 401 g/mol. The third-order valence-electron chi connectivity index (χ3n) is 5.64. The van der Waals surface area contributed by atoms with Crippen molar-refractivity contribution in [3.8, 4) is 5.69 Å². The quantitative estimate of drug-likeness (QED) is 0.612. The number of nitrogens with one attached hydrogen (secondary N) is 1. The van der Waals surface area contributed by atoms with Crippen molar-refractivity contribution in [2.75, 3.05) is 0 Å². The number of benzene rings is 2. The topological polar surface area (TPSA) is 64.0 Å². The Morgan fingerprint density at radius 3 is 2.53 bits per heavy atom. The lowest BCUT2D eigenvalue weighted by Crippen LogP contribution is -2.31. The Bertz CT molecular complexity index is 1050. The van der Waals surface area contributed by atoms with E-state index in [-0.39, 0.29) is 30.6 Å². The summed E-state index contributed by atoms with van der Waals surface area (Å²) in [6.45, 7) is 4.18. The fourth-order valence-electron chi connectivity index (χ4n) is 4.26. The highest BCUT2D eigenvalue weighted by Crippen LogP contribution is 2.31. The van der Waals surface area contributed by atoms with Crippen molar-refractivity contribution in [3.63, 3.8) is 0 Å². The summed E-state index contributed by atoms with van der Waals surface area (Å²) in [5.74, 6) is -0.0889. The van der Waals surface area contributed by atoms with Gasteiger partial charge in [0.2, 0.25) is 5.91 Å². The molecule has 1 aliphatic carbocycles. The van der Waals surface area contributed by atoms with Gasteiger partial charge in [-0.05, 0) is 56.4 Å². The summed E-state index contributed by atoms with van der Waals surface area (Å²) < 4.78 is 2.01. The van der Waals surface area contributed by atoms with Crippen LogP contribution in [0.3, 0.4) is 0 Å². The zero-order valence-electron chi connectivity index (χ0n) is 17.5. The maximum atomic E-state index is 12.5. The van der Waals surface area contributed by atoms with Crippen LogP contribution in [0.2, 0.25) is 0 Å². The summed E-state index contributed by atoms with van der Waals surface area (Å²) in [6, 6.07) is 15.5. The molecular weight excluding hydrogens is 374 g/mol. The van der Waals surface area contributed by atoms with Crippen LogP contribution in [0.15, 0.2) is 54.7 Å². The molecule has 0 bridgehead atoms. The van der Waals surface area contributed by atoms with Gasteiger partial charge in [-0.25, -0.2) is 4.68 Å². The van der Waals surface area contributed by atoms with Gasteiger partial charge in [-0.15, -0.1) is 0 Å². The fraction of sp³-hybridized carbons (Fsp3) is 0.320. The van der Waals surface area contributed by atoms with Crippen molar-refractivity contribution in [3.05, 3.63) is 82.7 Å². The smallest absolute Gasteiger partial charge is 0.220 e. The predicted octanol–water partition coefficient (Wildman–Crippen LogP) is 4.65. The van der Waals surface area contributed by atoms with E-state index in [1.165, 1.54) is 11.1 Å². The first kappa shape index (κ1) is 20.1. The number of Topliss-reactive ketones (excluding diaryl/α,β-unsaturated/α-hetero) is 1. The molecule has 0 unspecified atom stereocenters. The number of carbonyl (C=O) groups is 2. The second kappa shape index (κ2) is 8.66. The lowest BCUT2D eigenvalue weighted by molar-refractivity contribution is -0.121. The number of aromatic nitrogens is 2. The maximum Gasteiger partial charge on any atom is 0.220 e. The molecule has 0 spiro atoms. The maximum absolute atomic E-state index is 12.5. The van der Waals surface area contributed by atoms with Gasteiger partial charge >= 0.3 is 0 Å². The summed E-state index contributed by atoms with van der Waals surface area (Å²) in [4.78, 5) is 24.8. The molecule has 4 rings (SSSR count). The van der Waals surface area contributed by atoms with E-state index in [0.717, 1.165) is 36.2 Å². The minimum absolute atomic E-state index is 0.00211. The number of carbonyl (C=O) groups excluding carboxylic acids is 2. The molecule has 0 aliphatic heterocycles. The minimum atomic E-state index is -0.0868. The Kier molecular flexibility index (Phi) is 5.79. The molecular formula is C25H27N3O2. The molecule has 1 aromatic heterocycles. The van der Waals surface area contributed by atoms with Crippen molar-refractivity contribution >= 4 is 11.7 Å². The molecule has 2 aromatic carbocycles. The highest BCUT2D eigenvalue weighted by Gasteiger charge is 2.26. The third-order valence-corrected chi connectivity index (χ3v) is 5.64. The Hall–Kier alpha value is -3.21. The standard InChI is InChI=1S/C25H27N3O2/c1-17-13-18(2)15-20(14-17)28-23-10-6-9-22(21(23)16-26-28)27-25(30)12-11-24(29)19-7-4-3-5-8-19/h3-5,7-8,13-16,22H,6,9-12H2,1-2H3,(H,27,30)/t22-/m1/s1. The zero-order valence-corrected chi connectivity index (χ0v) is 17.5. The van der Waals surface area contributed by atoms with E-state index in [1.54, 1.807) is 12.1 Å². The van der Waals surface area contributed by atoms with Gasteiger partial charge in [-0.1, -0.05) is 36.4 Å². The number of nitrogens with zero attached hydrogens (tertiary/aromatic N) is 2. The van der Waals surface area contributed by atoms with Crippen LogP contribution in [-0.2, 0) is 11.2 Å². The van der Waals surface area contributed by atoms with E-state index in [0.29, 0.717) is 5.56 Å². The van der Waals surface area contributed by atoms with Gasteiger partial charge < -0.3 is 5.32 Å². The lowest BCUT2D eigenvalue weighted by atomic mass is 9.92. The third kappa shape index (κ3) is 4.35. The molecule has 5 nitrogen and oxygen atoms in total. The van der Waals surface area contributed by atoms with Crippen molar-refractivity contribution in [1.29, 1.82) is 0 Å². The van der Waals surface area contributed by atoms with Crippen LogP contribution in [0.5, 0.6) is 0 Å². The number of ketones is 1. The van der Waals surface area contributed by atoms with Crippen LogP contribution in [0.4, 0.5) is 0 Å². The molecule has 1 heterocycles. The number of amides is 1. The van der Waals surface area contributed by atoms with E-state index < -0.39 is 0 Å². The Morgan fingerprint density at radius 2 is 1.80 bits per heavy atom. The second-order valence-corrected chi connectivity index (χ2v) is 8.11. The second-order valence-electron chi connectivity index (χ2n) is 8.11. The molecule has 0 saturated carbocycles. The van der Waals surface area contributed by atoms with Gasteiger partial charge in [0.25, 0.3) is 0 Å². The molecule has 1 aliphatic rings. The molecule has 1 atom stereocenters. The predicted molar refractivity (Wildman–Crippen MR) is 117 cm³/mol. The molecule has 0 fully saturated rings. The van der Waals surface area contributed by atoms with Gasteiger partial charge in [-0.3, -0.25) is 9.59 Å². The van der Waals surface area contributed by atoms with Crippen molar-refractivity contribution in [2.45, 2.75) is 52.0 Å². The minimum Gasteiger partial charge on any atom is -0.349 e. The number of fused-ring (bicyclic) bond motifs is 1. The van der Waals surface area contributed by atoms with Gasteiger partial charge in [0.1, 0.15) is 0 Å². The Balaban J connectivity index is 1.44. The summed E-state index contributed by atoms with van der Waals surface area (Å²) in [5, 5.41) is 7.76. The Labute approximate surface area is 177 Å². The number of hydrogen-bond donors (Lipinski definition) is 1. The van der Waals surface area contributed by atoms with E-state index in [1.807, 2.05) is 29.1 Å². The normalized spacial score (nSPS) is 15.5. The molecule has 3 aromatic rings. The first-order valence-corrected chi connectivity index (χ1v) is 10.5. The molecule has 1 N–H and O–H groups in total. The van der Waals surface area contributed by atoms with E-state index in [4.69, 9.17) is 0 Å². The molecule has 5 heteroatoms. The molecule has 154 valence electrons. The summed E-state index contributed by atoms with van der Waals surface area (Å²) in [7, 11) is 0.